The van der Waals surface area contributed by atoms with Crippen molar-refractivity contribution in [1.82, 2.24) is 0 Å². The largest absolute Gasteiger partial charge is 0.547 e. The van der Waals surface area contributed by atoms with E-state index in [4.69, 9.17) is 51.1 Å². The monoisotopic (exact) mass is 453 g/mol. The van der Waals surface area contributed by atoms with E-state index in [2.05, 4.69) is 0 Å². The molecule has 8 atom stereocenters. The third-order valence-electron chi connectivity index (χ3n) is 2.99. The SMILES string of the molecule is O=C([O-])C(O)C(O)C(O)C(O)CO.O=C([O-])C(O)C(O)C(O)C(O)CO.[Cu]. The molecule has 0 bridgehead atoms. The molecule has 0 aromatic heterocycles. The molecule has 0 aromatic rings. The van der Waals surface area contributed by atoms with Crippen LogP contribution in [0.1, 0.15) is 0 Å². The van der Waals surface area contributed by atoms with Crippen LogP contribution in [-0.4, -0.2) is 125 Å². The van der Waals surface area contributed by atoms with Gasteiger partial charge in [0, 0.05) is 17.1 Å². The molecule has 0 aliphatic rings. The Morgan fingerprint density at radius 1 is 0.593 bits per heavy atom. The van der Waals surface area contributed by atoms with Gasteiger partial charge >= 0.3 is 0 Å². The van der Waals surface area contributed by atoms with Crippen molar-refractivity contribution in [2.45, 2.75) is 48.8 Å². The molecule has 1 radical (unpaired) electrons. The van der Waals surface area contributed by atoms with Gasteiger partial charge in [-0.2, -0.15) is 0 Å². The molecular formula is C12H22CuO14-2. The summed E-state index contributed by atoms with van der Waals surface area (Å²) in [6.07, 6.45) is -16.2. The molecular weight excluding hydrogens is 432 g/mol. The predicted octanol–water partition coefficient (Wildman–Crippen LogP) is -9.66. The van der Waals surface area contributed by atoms with E-state index in [9.17, 15) is 19.8 Å². The van der Waals surface area contributed by atoms with E-state index in [1.54, 1.807) is 0 Å². The minimum atomic E-state index is -2.31. The quantitative estimate of drug-likeness (QED) is 0.137. The van der Waals surface area contributed by atoms with Gasteiger partial charge in [0.2, 0.25) is 0 Å². The zero-order valence-corrected chi connectivity index (χ0v) is 14.4. The summed E-state index contributed by atoms with van der Waals surface area (Å²) in [5.74, 6) is -3.95. The van der Waals surface area contributed by atoms with Crippen molar-refractivity contribution in [1.29, 1.82) is 0 Å². The maximum atomic E-state index is 9.98. The van der Waals surface area contributed by atoms with E-state index >= 15 is 0 Å². The molecule has 0 aromatic carbocycles. The average Bonchev–Trinajstić information content (AvgIpc) is 2.62. The van der Waals surface area contributed by atoms with Crippen LogP contribution in [0.5, 0.6) is 0 Å². The van der Waals surface area contributed by atoms with Gasteiger partial charge in [-0.05, 0) is 0 Å². The van der Waals surface area contributed by atoms with E-state index < -0.39 is 74.0 Å². The first-order chi connectivity index (χ1) is 11.8. The van der Waals surface area contributed by atoms with Crippen molar-refractivity contribution in [3.05, 3.63) is 0 Å². The number of hydrogen-bond donors (Lipinski definition) is 10. The minimum Gasteiger partial charge on any atom is -0.547 e. The molecule has 167 valence electrons. The van der Waals surface area contributed by atoms with Crippen LogP contribution < -0.4 is 10.2 Å². The predicted molar refractivity (Wildman–Crippen MR) is 72.2 cm³/mol. The molecule has 0 heterocycles. The molecule has 0 aliphatic heterocycles. The van der Waals surface area contributed by atoms with Crippen molar-refractivity contribution < 1.29 is 87.9 Å². The van der Waals surface area contributed by atoms with Crippen LogP contribution in [0.2, 0.25) is 0 Å². The number of aliphatic carboxylic acids is 2. The smallest absolute Gasteiger partial charge is 0.122 e. The zero-order chi connectivity index (χ0) is 21.2. The zero-order valence-electron chi connectivity index (χ0n) is 13.4. The molecule has 14 nitrogen and oxygen atoms in total. The first kappa shape index (κ1) is 30.8. The maximum Gasteiger partial charge on any atom is 0.122 e. The van der Waals surface area contributed by atoms with Crippen LogP contribution in [0, 0.1) is 0 Å². The standard InChI is InChI=1S/2C6H12O7.Cu/c2*7-1-2(8)3(9)4(10)5(11)6(12)13;/h2*2-5,7-11H,1H2,(H,12,13);/p-2. The minimum absolute atomic E-state index is 0. The second kappa shape index (κ2) is 15.0. The maximum absolute atomic E-state index is 9.98. The second-order valence-electron chi connectivity index (χ2n) is 4.99. The Labute approximate surface area is 162 Å². The van der Waals surface area contributed by atoms with E-state index in [1.165, 1.54) is 0 Å². The summed E-state index contributed by atoms with van der Waals surface area (Å²) in [6.45, 7) is -1.73. The Balaban J connectivity index is -0.000000411. The van der Waals surface area contributed by atoms with Crippen LogP contribution in [0.4, 0.5) is 0 Å². The molecule has 0 amide bonds. The number of carboxylic acid groups (broad SMARTS) is 2. The van der Waals surface area contributed by atoms with Gasteiger partial charge in [-0.1, -0.05) is 0 Å². The van der Waals surface area contributed by atoms with Crippen LogP contribution in [0.3, 0.4) is 0 Å². The molecule has 0 rings (SSSR count). The third kappa shape index (κ3) is 10.8. The fourth-order valence-corrected chi connectivity index (χ4v) is 1.32. The Hall–Kier alpha value is -0.941. The molecule has 15 heteroatoms. The Morgan fingerprint density at radius 3 is 0.963 bits per heavy atom. The number of aliphatic hydroxyl groups is 10. The van der Waals surface area contributed by atoms with E-state index in [-0.39, 0.29) is 17.1 Å². The van der Waals surface area contributed by atoms with Gasteiger partial charge < -0.3 is 70.9 Å². The Bertz CT molecular complexity index is 385. The first-order valence-corrected chi connectivity index (χ1v) is 6.91. The van der Waals surface area contributed by atoms with Gasteiger partial charge in [-0.3, -0.25) is 0 Å². The molecule has 0 saturated carbocycles. The molecule has 0 fully saturated rings. The normalized spacial score (nSPS) is 19.6. The van der Waals surface area contributed by atoms with Crippen molar-refractivity contribution in [3.8, 4) is 0 Å². The van der Waals surface area contributed by atoms with E-state index in [1.807, 2.05) is 0 Å². The molecule has 8 unspecified atom stereocenters. The van der Waals surface area contributed by atoms with Crippen molar-refractivity contribution in [2.24, 2.45) is 0 Å². The van der Waals surface area contributed by atoms with E-state index in [0.717, 1.165) is 0 Å². The summed E-state index contributed by atoms with van der Waals surface area (Å²) in [5.41, 5.74) is 0. The number of carbonyl (C=O) groups is 2. The number of hydrogen-bond acceptors (Lipinski definition) is 14. The van der Waals surface area contributed by atoms with Crippen LogP contribution in [0.25, 0.3) is 0 Å². The van der Waals surface area contributed by atoms with E-state index in [0.29, 0.717) is 0 Å². The average molecular weight is 454 g/mol. The number of aliphatic hydroxyl groups excluding tert-OH is 10. The molecule has 10 N–H and O–H groups in total. The third-order valence-corrected chi connectivity index (χ3v) is 2.99. The molecule has 0 aliphatic carbocycles. The summed E-state index contributed by atoms with van der Waals surface area (Å²) < 4.78 is 0. The number of rotatable bonds is 10. The summed E-state index contributed by atoms with van der Waals surface area (Å²) in [5, 5.41) is 107. The van der Waals surface area contributed by atoms with Crippen molar-refractivity contribution >= 4 is 11.9 Å². The Morgan fingerprint density at radius 2 is 0.815 bits per heavy atom. The van der Waals surface area contributed by atoms with Gasteiger partial charge in [0.05, 0.1) is 25.2 Å². The molecule has 0 spiro atoms. The summed E-state index contributed by atoms with van der Waals surface area (Å²) in [6, 6.07) is 0. The second-order valence-corrected chi connectivity index (χ2v) is 4.99. The van der Waals surface area contributed by atoms with Gasteiger partial charge in [0.1, 0.15) is 48.8 Å². The van der Waals surface area contributed by atoms with Crippen molar-refractivity contribution in [2.75, 3.05) is 13.2 Å². The Kier molecular flexibility index (Phi) is 17.1. The van der Waals surface area contributed by atoms with Crippen LogP contribution >= 0.6 is 0 Å². The van der Waals surface area contributed by atoms with Gasteiger partial charge in [-0.25, -0.2) is 0 Å². The van der Waals surface area contributed by atoms with Crippen LogP contribution in [-0.2, 0) is 26.7 Å². The van der Waals surface area contributed by atoms with Crippen LogP contribution in [0.15, 0.2) is 0 Å². The summed E-state index contributed by atoms with van der Waals surface area (Å²) >= 11 is 0. The van der Waals surface area contributed by atoms with Gasteiger partial charge in [0.25, 0.3) is 0 Å². The first-order valence-electron chi connectivity index (χ1n) is 6.91. The topological polar surface area (TPSA) is 283 Å². The summed E-state index contributed by atoms with van der Waals surface area (Å²) in [4.78, 5) is 20.0. The number of carbonyl (C=O) groups excluding carboxylic acids is 2. The number of carboxylic acids is 2. The summed E-state index contributed by atoms with van der Waals surface area (Å²) in [7, 11) is 0. The van der Waals surface area contributed by atoms with Gasteiger partial charge in [0.15, 0.2) is 0 Å². The van der Waals surface area contributed by atoms with Gasteiger partial charge in [-0.15, -0.1) is 0 Å². The fraction of sp³-hybridized carbons (Fsp3) is 0.833. The molecule has 0 saturated heterocycles. The fourth-order valence-electron chi connectivity index (χ4n) is 1.32. The molecule has 27 heavy (non-hydrogen) atoms. The van der Waals surface area contributed by atoms with Crippen molar-refractivity contribution in [3.63, 3.8) is 0 Å².